The van der Waals surface area contributed by atoms with Gasteiger partial charge in [-0.1, -0.05) is 60.7 Å². The SMILES string of the molecule is C[Si](C)(C)O/N=C(\CC(=O)CC(=O)c1ccccc1)c1ccccc1. The van der Waals surface area contributed by atoms with Gasteiger partial charge in [-0.2, -0.15) is 0 Å². The number of ketones is 2. The fourth-order valence-corrected chi connectivity index (χ4v) is 2.55. The van der Waals surface area contributed by atoms with Crippen molar-refractivity contribution in [1.82, 2.24) is 0 Å². The summed E-state index contributed by atoms with van der Waals surface area (Å²) >= 11 is 0. The van der Waals surface area contributed by atoms with Crippen molar-refractivity contribution in [3.8, 4) is 0 Å². The Morgan fingerprint density at radius 2 is 1.36 bits per heavy atom. The molecule has 2 rings (SSSR count). The highest BCUT2D eigenvalue weighted by Crippen LogP contribution is 2.12. The molecule has 0 aliphatic rings. The molecular weight excluding hydrogens is 330 g/mol. The lowest BCUT2D eigenvalue weighted by molar-refractivity contribution is -0.117. The average molecular weight is 353 g/mol. The molecule has 0 radical (unpaired) electrons. The third-order valence-electron chi connectivity index (χ3n) is 3.35. The minimum Gasteiger partial charge on any atom is -0.455 e. The van der Waals surface area contributed by atoms with E-state index in [9.17, 15) is 9.59 Å². The fraction of sp³-hybridized carbons (Fsp3) is 0.250. The number of rotatable bonds is 8. The monoisotopic (exact) mass is 353 g/mol. The van der Waals surface area contributed by atoms with Gasteiger partial charge < -0.3 is 4.53 Å². The molecule has 0 aliphatic heterocycles. The quantitative estimate of drug-likeness (QED) is 0.231. The number of hydrogen-bond donors (Lipinski definition) is 0. The van der Waals surface area contributed by atoms with Crippen molar-refractivity contribution in [3.05, 3.63) is 71.8 Å². The van der Waals surface area contributed by atoms with Crippen LogP contribution in [0, 0.1) is 0 Å². The second kappa shape index (κ2) is 8.53. The Morgan fingerprint density at radius 3 is 1.88 bits per heavy atom. The van der Waals surface area contributed by atoms with E-state index in [0.717, 1.165) is 5.56 Å². The summed E-state index contributed by atoms with van der Waals surface area (Å²) in [5.74, 6) is -0.347. The highest BCUT2D eigenvalue weighted by Gasteiger charge is 2.19. The van der Waals surface area contributed by atoms with E-state index in [1.807, 2.05) is 56.0 Å². The van der Waals surface area contributed by atoms with Gasteiger partial charge in [0.2, 0.25) is 0 Å². The van der Waals surface area contributed by atoms with Gasteiger partial charge in [0.05, 0.1) is 18.6 Å². The Balaban J connectivity index is 2.11. The third kappa shape index (κ3) is 6.47. The van der Waals surface area contributed by atoms with E-state index in [1.165, 1.54) is 0 Å². The van der Waals surface area contributed by atoms with E-state index in [2.05, 4.69) is 5.16 Å². The summed E-state index contributed by atoms with van der Waals surface area (Å²) in [6.07, 6.45) is -0.0596. The lowest BCUT2D eigenvalue weighted by Crippen LogP contribution is -2.24. The van der Waals surface area contributed by atoms with Crippen molar-refractivity contribution >= 4 is 25.6 Å². The molecule has 0 spiro atoms. The molecule has 0 aromatic heterocycles. The van der Waals surface area contributed by atoms with Gasteiger partial charge in [-0.25, -0.2) is 0 Å². The molecule has 0 N–H and O–H groups in total. The maximum Gasteiger partial charge on any atom is 0.278 e. The Labute approximate surface area is 149 Å². The molecule has 0 fully saturated rings. The lowest BCUT2D eigenvalue weighted by Gasteiger charge is -2.15. The highest BCUT2D eigenvalue weighted by atomic mass is 28.4. The first kappa shape index (κ1) is 18.8. The molecule has 0 saturated heterocycles. The van der Waals surface area contributed by atoms with Crippen LogP contribution in [0.25, 0.3) is 0 Å². The fourth-order valence-electron chi connectivity index (χ4n) is 2.16. The lowest BCUT2D eigenvalue weighted by atomic mass is 10.00. The van der Waals surface area contributed by atoms with Crippen molar-refractivity contribution < 1.29 is 14.1 Å². The largest absolute Gasteiger partial charge is 0.455 e. The van der Waals surface area contributed by atoms with Gasteiger partial charge in [0.1, 0.15) is 5.78 Å². The summed E-state index contributed by atoms with van der Waals surface area (Å²) in [4.78, 5) is 24.6. The Kier molecular flexibility index (Phi) is 6.42. The van der Waals surface area contributed by atoms with Crippen LogP contribution in [-0.2, 0) is 9.32 Å². The summed E-state index contributed by atoms with van der Waals surface area (Å²) in [7, 11) is -1.85. The molecule has 4 nitrogen and oxygen atoms in total. The van der Waals surface area contributed by atoms with Gasteiger partial charge in [0, 0.05) is 5.56 Å². The van der Waals surface area contributed by atoms with Crippen LogP contribution in [-0.4, -0.2) is 25.6 Å². The first-order chi connectivity index (χ1) is 11.8. The summed E-state index contributed by atoms with van der Waals surface area (Å²) in [6, 6.07) is 18.3. The van der Waals surface area contributed by atoms with Crippen LogP contribution in [0.3, 0.4) is 0 Å². The maximum absolute atomic E-state index is 12.4. The number of benzene rings is 2. The minimum atomic E-state index is -1.85. The first-order valence-electron chi connectivity index (χ1n) is 8.25. The van der Waals surface area contributed by atoms with Gasteiger partial charge in [0.15, 0.2) is 5.78 Å². The van der Waals surface area contributed by atoms with Crippen LogP contribution in [0.1, 0.15) is 28.8 Å². The molecule has 0 heterocycles. The van der Waals surface area contributed by atoms with E-state index in [1.54, 1.807) is 24.3 Å². The molecule has 2 aromatic carbocycles. The zero-order chi connectivity index (χ0) is 18.3. The van der Waals surface area contributed by atoms with E-state index < -0.39 is 8.32 Å². The van der Waals surface area contributed by atoms with Crippen LogP contribution in [0.5, 0.6) is 0 Å². The van der Waals surface area contributed by atoms with E-state index in [-0.39, 0.29) is 24.4 Å². The third-order valence-corrected chi connectivity index (χ3v) is 3.99. The number of carbonyl (C=O) groups excluding carboxylic acids is 2. The van der Waals surface area contributed by atoms with Crippen molar-refractivity contribution in [1.29, 1.82) is 0 Å². The molecule has 2 aromatic rings. The zero-order valence-corrected chi connectivity index (χ0v) is 15.9. The van der Waals surface area contributed by atoms with Crippen molar-refractivity contribution in [2.24, 2.45) is 5.16 Å². The van der Waals surface area contributed by atoms with Crippen LogP contribution >= 0.6 is 0 Å². The van der Waals surface area contributed by atoms with E-state index in [4.69, 9.17) is 4.53 Å². The van der Waals surface area contributed by atoms with Gasteiger partial charge in [-0.15, -0.1) is 5.16 Å². The number of oxime groups is 1. The summed E-state index contributed by atoms with van der Waals surface area (Å²) in [5, 5.41) is 4.23. The average Bonchev–Trinajstić information content (AvgIpc) is 2.59. The summed E-state index contributed by atoms with van der Waals surface area (Å²) < 4.78 is 5.63. The number of carbonyl (C=O) groups is 2. The van der Waals surface area contributed by atoms with Crippen LogP contribution in [0.2, 0.25) is 19.6 Å². The molecule has 0 unspecified atom stereocenters. The number of nitrogens with zero attached hydrogens (tertiary/aromatic N) is 1. The zero-order valence-electron chi connectivity index (χ0n) is 14.9. The van der Waals surface area contributed by atoms with Gasteiger partial charge in [0.25, 0.3) is 8.32 Å². The molecule has 0 amide bonds. The van der Waals surface area contributed by atoms with Crippen molar-refractivity contribution in [2.75, 3.05) is 0 Å². The minimum absolute atomic E-state index is 0.0765. The number of hydrogen-bond acceptors (Lipinski definition) is 4. The second-order valence-electron chi connectivity index (χ2n) is 6.79. The molecular formula is C20H23NO3Si. The molecule has 0 atom stereocenters. The van der Waals surface area contributed by atoms with Crippen molar-refractivity contribution in [2.45, 2.75) is 32.5 Å². The van der Waals surface area contributed by atoms with Gasteiger partial charge in [-0.3, -0.25) is 9.59 Å². The molecule has 0 bridgehead atoms. The standard InChI is InChI=1S/C20H23NO3Si/c1-25(2,3)24-21-19(16-10-6-4-7-11-16)14-18(22)15-20(23)17-12-8-5-9-13-17/h4-13H,14-15H2,1-3H3/b21-19+. The van der Waals surface area contributed by atoms with Crippen LogP contribution < -0.4 is 0 Å². The van der Waals surface area contributed by atoms with Crippen molar-refractivity contribution in [3.63, 3.8) is 0 Å². The Bertz CT molecular complexity index is 750. The molecule has 130 valence electrons. The number of Topliss-reactive ketones (excluding diaryl/α,β-unsaturated/α-hetero) is 2. The van der Waals surface area contributed by atoms with Gasteiger partial charge >= 0.3 is 0 Å². The Morgan fingerprint density at radius 1 is 0.840 bits per heavy atom. The summed E-state index contributed by atoms with van der Waals surface area (Å²) in [5.41, 5.74) is 1.95. The Hall–Kier alpha value is -2.53. The highest BCUT2D eigenvalue weighted by molar-refractivity contribution is 6.69. The topological polar surface area (TPSA) is 55.7 Å². The van der Waals surface area contributed by atoms with E-state index >= 15 is 0 Å². The molecule has 5 heteroatoms. The smallest absolute Gasteiger partial charge is 0.278 e. The van der Waals surface area contributed by atoms with Crippen LogP contribution in [0.4, 0.5) is 0 Å². The second-order valence-corrected chi connectivity index (χ2v) is 11.2. The first-order valence-corrected chi connectivity index (χ1v) is 11.7. The van der Waals surface area contributed by atoms with Gasteiger partial charge in [-0.05, 0) is 25.2 Å². The summed E-state index contributed by atoms with van der Waals surface area (Å²) in [6.45, 7) is 6.08. The normalized spacial score (nSPS) is 11.9. The van der Waals surface area contributed by atoms with Crippen LogP contribution in [0.15, 0.2) is 65.8 Å². The molecule has 25 heavy (non-hydrogen) atoms. The molecule has 0 aliphatic carbocycles. The predicted octanol–water partition coefficient (Wildman–Crippen LogP) is 4.47. The molecule has 0 saturated carbocycles. The van der Waals surface area contributed by atoms with E-state index in [0.29, 0.717) is 11.3 Å². The predicted molar refractivity (Wildman–Crippen MR) is 102 cm³/mol. The maximum atomic E-state index is 12.4.